The Balaban J connectivity index is 1.32. The molecule has 0 bridgehead atoms. The van der Waals surface area contributed by atoms with Gasteiger partial charge in [-0.2, -0.15) is 0 Å². The zero-order chi connectivity index (χ0) is 58.4. The molecular formula is C56H90N4O18. The number of hydrogen-bond acceptors (Lipinski definition) is 20. The van der Waals surface area contributed by atoms with Crippen LogP contribution in [0.1, 0.15) is 118 Å². The molecule has 0 spiro atoms. The number of benzene rings is 1. The number of esters is 2. The van der Waals surface area contributed by atoms with Gasteiger partial charge in [-0.25, -0.2) is 4.79 Å². The monoisotopic (exact) mass is 1110 g/mol. The number of nitrogens with one attached hydrogen (secondary N) is 1. The van der Waals surface area contributed by atoms with Crippen LogP contribution < -0.4 is 20.5 Å². The van der Waals surface area contributed by atoms with E-state index in [1.54, 1.807) is 83.5 Å². The van der Waals surface area contributed by atoms with Crippen LogP contribution in [0.15, 0.2) is 29.2 Å². The van der Waals surface area contributed by atoms with Crippen LogP contribution in [0, 0.1) is 23.7 Å². The minimum absolute atomic E-state index is 0.0208. The first kappa shape index (κ1) is 64.5. The lowest BCUT2D eigenvalue weighted by atomic mass is 9.74. The standard InChI is InChI=1S/C56H90N4O18/c1-17-41-56(10,69)48(65)32(4)44(62)30(2)27-54(8,70-15)49(78-53-46(64)40(58(11)12)25-31(3)73-53)33(5)47(34(6)52(68)75-41)77-43-28-55(9,71-16)50(35(7)74-43)76-42(61)21-23-57-22-18-24-72-36-19-20-37-39(26-36)60(59(13)14)29-38(45(37)63)51(66)67/h19-20,26,29-35,40-41,43,46-50,53,57,64-65,69H,17-18,21-25,27-28H2,1-16H3,(H,66,67)/t30-,31-,32-,33+,34-,35+,40+,41-,43+,46-,47+,48-,49-,50+,53+,54-,55-,56-/m1/s1. The molecule has 3 aliphatic heterocycles. The molecule has 22 heteroatoms. The van der Waals surface area contributed by atoms with E-state index in [2.05, 4.69) is 5.32 Å². The van der Waals surface area contributed by atoms with Crippen LogP contribution >= 0.6 is 0 Å². The van der Waals surface area contributed by atoms with E-state index in [1.165, 1.54) is 34.3 Å². The summed E-state index contributed by atoms with van der Waals surface area (Å²) in [4.78, 5) is 68.7. The van der Waals surface area contributed by atoms with Crippen molar-refractivity contribution in [3.8, 4) is 5.75 Å². The highest BCUT2D eigenvalue weighted by atomic mass is 16.7. The molecule has 0 saturated carbocycles. The number of carbonyl (C=O) groups excluding carboxylic acids is 3. The van der Waals surface area contributed by atoms with E-state index in [-0.39, 0.29) is 54.6 Å². The minimum Gasteiger partial charge on any atom is -0.493 e. The zero-order valence-corrected chi connectivity index (χ0v) is 48.7. The number of ether oxygens (including phenoxy) is 9. The van der Waals surface area contributed by atoms with Crippen LogP contribution in [0.2, 0.25) is 0 Å². The maximum Gasteiger partial charge on any atom is 0.341 e. The fraction of sp³-hybridized carbons (Fsp3) is 0.768. The van der Waals surface area contributed by atoms with Gasteiger partial charge in [-0.1, -0.05) is 27.7 Å². The first-order chi connectivity index (χ1) is 36.5. The van der Waals surface area contributed by atoms with E-state index in [1.807, 2.05) is 32.8 Å². The van der Waals surface area contributed by atoms with Crippen LogP contribution in [-0.4, -0.2) is 200 Å². The summed E-state index contributed by atoms with van der Waals surface area (Å²) in [6.07, 6.45) is -7.76. The van der Waals surface area contributed by atoms with Gasteiger partial charge in [0.05, 0.1) is 60.6 Å². The predicted octanol–water partition coefficient (Wildman–Crippen LogP) is 3.65. The Morgan fingerprint density at radius 2 is 1.54 bits per heavy atom. The van der Waals surface area contributed by atoms with Gasteiger partial charge >= 0.3 is 17.9 Å². The number of aliphatic hydroxyl groups is 3. The third kappa shape index (κ3) is 14.6. The zero-order valence-electron chi connectivity index (χ0n) is 48.7. The molecule has 5 N–H and O–H groups in total. The van der Waals surface area contributed by atoms with Crippen LogP contribution in [-0.2, 0) is 52.3 Å². The number of rotatable bonds is 19. The number of aromatic nitrogens is 1. The van der Waals surface area contributed by atoms with Crippen molar-refractivity contribution in [1.82, 2.24) is 14.9 Å². The summed E-state index contributed by atoms with van der Waals surface area (Å²) in [5, 5.41) is 49.9. The molecule has 0 radical (unpaired) electrons. The number of fused-ring (bicyclic) bond motifs is 1. The van der Waals surface area contributed by atoms with Crippen LogP contribution in [0.5, 0.6) is 5.75 Å². The number of nitrogens with zero attached hydrogens (tertiary/aromatic N) is 3. The summed E-state index contributed by atoms with van der Waals surface area (Å²) in [5.74, 6) is -6.17. The van der Waals surface area contributed by atoms with Crippen molar-refractivity contribution in [3.05, 3.63) is 40.2 Å². The Kier molecular flexibility index (Phi) is 22.3. The largest absolute Gasteiger partial charge is 0.493 e. The summed E-state index contributed by atoms with van der Waals surface area (Å²) in [7, 11) is 10.2. The van der Waals surface area contributed by atoms with Gasteiger partial charge < -0.3 is 78.3 Å². The van der Waals surface area contributed by atoms with Crippen molar-refractivity contribution in [3.63, 3.8) is 0 Å². The number of ketones is 1. The highest BCUT2D eigenvalue weighted by molar-refractivity contribution is 5.93. The molecule has 3 fully saturated rings. The molecule has 3 aliphatic rings. The van der Waals surface area contributed by atoms with E-state index >= 15 is 0 Å². The average molecular weight is 1110 g/mol. The summed E-state index contributed by atoms with van der Waals surface area (Å²) in [5.41, 5.74) is -4.96. The van der Waals surface area contributed by atoms with Crippen LogP contribution in [0.4, 0.5) is 0 Å². The maximum absolute atomic E-state index is 14.6. The lowest BCUT2D eigenvalue weighted by Gasteiger charge is -2.50. The first-order valence-electron chi connectivity index (χ1n) is 27.3. The summed E-state index contributed by atoms with van der Waals surface area (Å²) in [6.45, 7) is 18.1. The van der Waals surface area contributed by atoms with Crippen molar-refractivity contribution in [1.29, 1.82) is 0 Å². The number of hydrogen-bond donors (Lipinski definition) is 5. The van der Waals surface area contributed by atoms with E-state index < -0.39 is 119 Å². The molecule has 0 amide bonds. The molecule has 1 aromatic carbocycles. The van der Waals surface area contributed by atoms with Crippen molar-refractivity contribution in [2.45, 2.75) is 192 Å². The van der Waals surface area contributed by atoms with Crippen LogP contribution in [0.3, 0.4) is 0 Å². The molecule has 0 aliphatic carbocycles. The fourth-order valence-electron chi connectivity index (χ4n) is 11.6. The maximum atomic E-state index is 14.6. The molecule has 4 heterocycles. The third-order valence-electron chi connectivity index (χ3n) is 16.4. The number of aromatic carboxylic acids is 1. The molecule has 5 rings (SSSR count). The molecular weight excluding hydrogens is 1020 g/mol. The second-order valence-corrected chi connectivity index (χ2v) is 22.8. The first-order valence-corrected chi connectivity index (χ1v) is 27.3. The Hall–Kier alpha value is -4.33. The van der Waals surface area contributed by atoms with Gasteiger partial charge in [0, 0.05) is 82.7 Å². The summed E-state index contributed by atoms with van der Waals surface area (Å²) in [6, 6.07) is 4.51. The molecule has 78 heavy (non-hydrogen) atoms. The van der Waals surface area contributed by atoms with Gasteiger partial charge in [0.2, 0.25) is 5.43 Å². The third-order valence-corrected chi connectivity index (χ3v) is 16.4. The van der Waals surface area contributed by atoms with Gasteiger partial charge in [0.25, 0.3) is 0 Å². The molecule has 442 valence electrons. The average Bonchev–Trinajstić information content (AvgIpc) is 3.41. The van der Waals surface area contributed by atoms with Crippen molar-refractivity contribution >= 4 is 34.6 Å². The van der Waals surface area contributed by atoms with Crippen molar-refractivity contribution in [2.75, 3.05) is 67.1 Å². The van der Waals surface area contributed by atoms with E-state index in [0.29, 0.717) is 43.8 Å². The number of carboxylic acid groups (broad SMARTS) is 1. The molecule has 3 saturated heterocycles. The fourth-order valence-corrected chi connectivity index (χ4v) is 11.6. The Labute approximate surface area is 459 Å². The van der Waals surface area contributed by atoms with Gasteiger partial charge in [-0.3, -0.25) is 23.9 Å². The normalized spacial score (nSPS) is 36.4. The topological polar surface area (TPSA) is 273 Å². The molecule has 1 aromatic heterocycles. The SMILES string of the molecule is CC[C@H]1OC(=O)[C@H](C)[C@@H](O[C@H]2C[C@@](C)(OC)[C@@H](OC(=O)CCNCCCOc3ccc4c(=O)c(C(=O)O)cn(N(C)C)c4c3)[C@H](C)O2)[C@H](C)[C@@H](O[C@@H]2O[C@H](C)C[C@H](N(C)C)[C@H]2O)[C@](C)(OC)C[C@@H](C)C(=O)[C@@H](C)[C@@H](O)[C@]1(C)O. The van der Waals surface area contributed by atoms with Gasteiger partial charge in [-0.05, 0) is 100.0 Å². The molecule has 22 nitrogen and oxygen atoms in total. The number of likely N-dealkylation sites (N-methyl/N-ethyl adjacent to an activating group) is 1. The Morgan fingerprint density at radius 1 is 0.885 bits per heavy atom. The number of cyclic esters (lactones) is 1. The van der Waals surface area contributed by atoms with Crippen LogP contribution in [0.25, 0.3) is 10.9 Å². The highest BCUT2D eigenvalue weighted by Crippen LogP contribution is 2.42. The summed E-state index contributed by atoms with van der Waals surface area (Å²) < 4.78 is 58.8. The number of carboxylic acids is 1. The number of Topliss-reactive ketones (excluding diaryl/α,β-unsaturated/α-hetero) is 1. The molecule has 0 unspecified atom stereocenters. The number of pyridine rings is 1. The van der Waals surface area contributed by atoms with Crippen molar-refractivity contribution in [2.24, 2.45) is 23.7 Å². The van der Waals surface area contributed by atoms with E-state index in [4.69, 9.17) is 42.6 Å². The molecule has 18 atom stereocenters. The highest BCUT2D eigenvalue weighted by Gasteiger charge is 2.55. The smallest absolute Gasteiger partial charge is 0.341 e. The second kappa shape index (κ2) is 27.0. The predicted molar refractivity (Wildman–Crippen MR) is 288 cm³/mol. The van der Waals surface area contributed by atoms with Crippen molar-refractivity contribution < 1.29 is 82.2 Å². The number of aliphatic hydroxyl groups excluding tert-OH is 2. The Morgan fingerprint density at radius 3 is 2.14 bits per heavy atom. The summed E-state index contributed by atoms with van der Waals surface area (Å²) >= 11 is 0. The minimum atomic E-state index is -2.03. The quantitative estimate of drug-likeness (QED) is 0.0992. The molecule has 2 aromatic rings. The lowest BCUT2D eigenvalue weighted by Crippen LogP contribution is -2.61. The van der Waals surface area contributed by atoms with Gasteiger partial charge in [0.15, 0.2) is 18.7 Å². The van der Waals surface area contributed by atoms with E-state index in [0.717, 1.165) is 0 Å². The number of carbonyl (C=O) groups is 4. The lowest BCUT2D eigenvalue weighted by molar-refractivity contribution is -0.320. The van der Waals surface area contributed by atoms with E-state index in [9.17, 15) is 44.4 Å². The van der Waals surface area contributed by atoms with Gasteiger partial charge in [0.1, 0.15) is 40.5 Å². The Bertz CT molecular complexity index is 2420. The second-order valence-electron chi connectivity index (χ2n) is 22.8. The van der Waals surface area contributed by atoms with Gasteiger partial charge in [-0.15, -0.1) is 0 Å². The number of methoxy groups -OCH3 is 2.